The molecule has 0 fully saturated rings. The van der Waals surface area contributed by atoms with E-state index in [1.54, 1.807) is 35.4 Å². The summed E-state index contributed by atoms with van der Waals surface area (Å²) in [5.74, 6) is 1.32. The second-order valence-corrected chi connectivity index (χ2v) is 6.14. The van der Waals surface area contributed by atoms with Gasteiger partial charge >= 0.3 is 5.69 Å². The number of hydrogen-bond donors (Lipinski definition) is 1. The van der Waals surface area contributed by atoms with Gasteiger partial charge in [-0.25, -0.2) is 4.79 Å². The first kappa shape index (κ1) is 17.1. The Morgan fingerprint density at radius 2 is 1.60 bits per heavy atom. The molecule has 6 nitrogen and oxygen atoms in total. The summed E-state index contributed by atoms with van der Waals surface area (Å²) in [6, 6.07) is 13.1. The van der Waals surface area contributed by atoms with Crippen molar-refractivity contribution in [1.29, 1.82) is 0 Å². The number of aliphatic hydroxyl groups is 1. The highest BCUT2D eigenvalue weighted by atomic mass is 16.5. The van der Waals surface area contributed by atoms with E-state index >= 15 is 0 Å². The molecule has 0 saturated heterocycles. The number of ether oxygens (including phenoxy) is 2. The van der Waals surface area contributed by atoms with Crippen LogP contribution < -0.4 is 15.2 Å². The van der Waals surface area contributed by atoms with Crippen LogP contribution in [0.4, 0.5) is 0 Å². The summed E-state index contributed by atoms with van der Waals surface area (Å²) in [6.45, 7) is 2.24. The zero-order valence-electron chi connectivity index (χ0n) is 14.6. The standard InChI is InChI=1S/C19H22N2O4/c1-13-5-4-6-15(9-13)24-11-14(22)12-25-16-7-8-17-18(10-16)21(3)19(23)20(17)2/h4-10,14,22H,11-12H2,1-3H3. The maximum Gasteiger partial charge on any atom is 0.328 e. The minimum atomic E-state index is -0.754. The molecule has 1 atom stereocenters. The zero-order chi connectivity index (χ0) is 18.0. The lowest BCUT2D eigenvalue weighted by Crippen LogP contribution is -2.25. The fourth-order valence-electron chi connectivity index (χ4n) is 2.71. The monoisotopic (exact) mass is 342 g/mol. The van der Waals surface area contributed by atoms with Gasteiger partial charge < -0.3 is 14.6 Å². The van der Waals surface area contributed by atoms with Crippen LogP contribution in [0.1, 0.15) is 5.56 Å². The van der Waals surface area contributed by atoms with E-state index in [4.69, 9.17) is 9.47 Å². The SMILES string of the molecule is Cc1cccc(OCC(O)COc2ccc3c(c2)n(C)c(=O)n3C)c1. The van der Waals surface area contributed by atoms with Crippen LogP contribution >= 0.6 is 0 Å². The molecule has 3 rings (SSSR count). The molecule has 25 heavy (non-hydrogen) atoms. The Kier molecular flexibility index (Phi) is 4.81. The predicted molar refractivity (Wildman–Crippen MR) is 96.3 cm³/mol. The molecule has 0 saturated carbocycles. The van der Waals surface area contributed by atoms with E-state index < -0.39 is 6.10 Å². The topological polar surface area (TPSA) is 65.6 Å². The average molecular weight is 342 g/mol. The molecular formula is C19H22N2O4. The van der Waals surface area contributed by atoms with Gasteiger partial charge in [-0.15, -0.1) is 0 Å². The molecule has 0 amide bonds. The first-order valence-electron chi connectivity index (χ1n) is 8.11. The second-order valence-electron chi connectivity index (χ2n) is 6.14. The summed E-state index contributed by atoms with van der Waals surface area (Å²) in [4.78, 5) is 11.9. The highest BCUT2D eigenvalue weighted by Gasteiger charge is 2.10. The maximum absolute atomic E-state index is 11.9. The highest BCUT2D eigenvalue weighted by Crippen LogP contribution is 2.19. The van der Waals surface area contributed by atoms with E-state index in [0.29, 0.717) is 5.75 Å². The average Bonchev–Trinajstić information content (AvgIpc) is 2.82. The van der Waals surface area contributed by atoms with E-state index in [1.807, 2.05) is 37.3 Å². The van der Waals surface area contributed by atoms with E-state index in [0.717, 1.165) is 22.3 Å². The van der Waals surface area contributed by atoms with Gasteiger partial charge in [-0.1, -0.05) is 12.1 Å². The lowest BCUT2D eigenvalue weighted by molar-refractivity contribution is 0.0627. The highest BCUT2D eigenvalue weighted by molar-refractivity contribution is 5.77. The minimum absolute atomic E-state index is 0.0845. The molecule has 0 aliphatic heterocycles. The van der Waals surface area contributed by atoms with Crippen molar-refractivity contribution in [2.24, 2.45) is 14.1 Å². The van der Waals surface area contributed by atoms with Crippen LogP contribution in [0.5, 0.6) is 11.5 Å². The van der Waals surface area contributed by atoms with Crippen LogP contribution in [0.2, 0.25) is 0 Å². The molecule has 1 heterocycles. The van der Waals surface area contributed by atoms with Crippen LogP contribution in [0.15, 0.2) is 47.3 Å². The third-order valence-electron chi connectivity index (χ3n) is 4.12. The summed E-state index contributed by atoms with van der Waals surface area (Å²) < 4.78 is 14.4. The van der Waals surface area contributed by atoms with Gasteiger partial charge in [0.05, 0.1) is 11.0 Å². The number of benzene rings is 2. The summed E-state index contributed by atoms with van der Waals surface area (Å²) in [7, 11) is 3.45. The van der Waals surface area contributed by atoms with Crippen molar-refractivity contribution in [3.05, 3.63) is 58.5 Å². The van der Waals surface area contributed by atoms with Gasteiger partial charge in [0.15, 0.2) is 0 Å². The van der Waals surface area contributed by atoms with Crippen molar-refractivity contribution < 1.29 is 14.6 Å². The number of aliphatic hydroxyl groups excluding tert-OH is 1. The normalized spacial score (nSPS) is 12.3. The molecule has 3 aromatic rings. The molecule has 0 spiro atoms. The summed E-state index contributed by atoms with van der Waals surface area (Å²) in [5.41, 5.74) is 2.64. The lowest BCUT2D eigenvalue weighted by atomic mass is 10.2. The molecule has 6 heteroatoms. The van der Waals surface area contributed by atoms with Gasteiger partial charge in [0, 0.05) is 20.2 Å². The van der Waals surface area contributed by atoms with E-state index in [2.05, 4.69) is 0 Å². The quantitative estimate of drug-likeness (QED) is 0.744. The molecule has 2 aromatic carbocycles. The first-order valence-corrected chi connectivity index (χ1v) is 8.11. The number of nitrogens with zero attached hydrogens (tertiary/aromatic N) is 2. The first-order chi connectivity index (χ1) is 12.0. The predicted octanol–water partition coefficient (Wildman–Crippen LogP) is 2.00. The van der Waals surface area contributed by atoms with Crippen LogP contribution in [0.25, 0.3) is 11.0 Å². The fraction of sp³-hybridized carbons (Fsp3) is 0.316. The molecule has 0 aliphatic rings. The molecule has 0 aliphatic carbocycles. The van der Waals surface area contributed by atoms with Gasteiger partial charge in [-0.05, 0) is 36.8 Å². The number of rotatable bonds is 6. The Morgan fingerprint density at radius 3 is 2.28 bits per heavy atom. The van der Waals surface area contributed by atoms with Crippen molar-refractivity contribution >= 4 is 11.0 Å². The lowest BCUT2D eigenvalue weighted by Gasteiger charge is -2.14. The number of hydrogen-bond acceptors (Lipinski definition) is 4. The van der Waals surface area contributed by atoms with Gasteiger partial charge in [0.2, 0.25) is 0 Å². The van der Waals surface area contributed by atoms with Crippen LogP contribution in [0.3, 0.4) is 0 Å². The van der Waals surface area contributed by atoms with Crippen molar-refractivity contribution in [3.8, 4) is 11.5 Å². The molecule has 132 valence electrons. The minimum Gasteiger partial charge on any atom is -0.491 e. The molecule has 1 unspecified atom stereocenters. The largest absolute Gasteiger partial charge is 0.491 e. The molecule has 0 radical (unpaired) electrons. The number of aromatic nitrogens is 2. The number of fused-ring (bicyclic) bond motifs is 1. The van der Waals surface area contributed by atoms with E-state index in [9.17, 15) is 9.90 Å². The second kappa shape index (κ2) is 7.03. The van der Waals surface area contributed by atoms with E-state index in [-0.39, 0.29) is 18.9 Å². The molecule has 1 N–H and O–H groups in total. The third kappa shape index (κ3) is 3.69. The molecule has 0 bridgehead atoms. The fourth-order valence-corrected chi connectivity index (χ4v) is 2.71. The smallest absolute Gasteiger partial charge is 0.328 e. The van der Waals surface area contributed by atoms with Crippen LogP contribution in [0, 0.1) is 6.92 Å². The Morgan fingerprint density at radius 1 is 0.960 bits per heavy atom. The molecular weight excluding hydrogens is 320 g/mol. The Balaban J connectivity index is 1.60. The Hall–Kier alpha value is -2.73. The van der Waals surface area contributed by atoms with Crippen molar-refractivity contribution in [1.82, 2.24) is 9.13 Å². The van der Waals surface area contributed by atoms with Gasteiger partial charge in [-0.2, -0.15) is 0 Å². The van der Waals surface area contributed by atoms with Crippen molar-refractivity contribution in [2.75, 3.05) is 13.2 Å². The van der Waals surface area contributed by atoms with Gasteiger partial charge in [-0.3, -0.25) is 9.13 Å². The molecule has 1 aromatic heterocycles. The van der Waals surface area contributed by atoms with Crippen LogP contribution in [-0.2, 0) is 14.1 Å². The van der Waals surface area contributed by atoms with Crippen LogP contribution in [-0.4, -0.2) is 33.6 Å². The maximum atomic E-state index is 11.9. The Bertz CT molecular complexity index is 942. The Labute approximate surface area is 145 Å². The van der Waals surface area contributed by atoms with Gasteiger partial charge in [0.1, 0.15) is 30.8 Å². The van der Waals surface area contributed by atoms with Crippen molar-refractivity contribution in [3.63, 3.8) is 0 Å². The summed E-state index contributed by atoms with van der Waals surface area (Å²) in [6.07, 6.45) is -0.754. The van der Waals surface area contributed by atoms with Gasteiger partial charge in [0.25, 0.3) is 0 Å². The van der Waals surface area contributed by atoms with E-state index in [1.165, 1.54) is 0 Å². The summed E-state index contributed by atoms with van der Waals surface area (Å²) in [5, 5.41) is 10.0. The zero-order valence-corrected chi connectivity index (χ0v) is 14.6. The van der Waals surface area contributed by atoms with Crippen molar-refractivity contribution in [2.45, 2.75) is 13.0 Å². The number of imidazole rings is 1. The summed E-state index contributed by atoms with van der Waals surface area (Å²) >= 11 is 0. The third-order valence-corrected chi connectivity index (χ3v) is 4.12. The number of aryl methyl sites for hydroxylation is 3.